The number of hydrogen-bond acceptors (Lipinski definition) is 5. The highest BCUT2D eigenvalue weighted by atomic mass is 16.5. The van der Waals surface area contributed by atoms with Crippen molar-refractivity contribution in [3.8, 4) is 0 Å². The molecule has 1 amide bonds. The van der Waals surface area contributed by atoms with Gasteiger partial charge in [-0.05, 0) is 45.4 Å². The molecule has 2 aromatic rings. The summed E-state index contributed by atoms with van der Waals surface area (Å²) in [7, 11) is 5.65. The Bertz CT molecular complexity index is 754. The summed E-state index contributed by atoms with van der Waals surface area (Å²) >= 11 is 0. The van der Waals surface area contributed by atoms with Crippen LogP contribution in [0, 0.1) is 0 Å². The molecule has 0 aliphatic heterocycles. The predicted octanol–water partition coefficient (Wildman–Crippen LogP) is 2.20. The van der Waals surface area contributed by atoms with Crippen LogP contribution in [0.3, 0.4) is 0 Å². The van der Waals surface area contributed by atoms with Gasteiger partial charge in [-0.25, -0.2) is 0 Å². The van der Waals surface area contributed by atoms with Gasteiger partial charge in [0.1, 0.15) is 5.76 Å². The number of furan rings is 1. The first kappa shape index (κ1) is 19.6. The Hall–Kier alpha value is -2.12. The first-order chi connectivity index (χ1) is 13.0. The summed E-state index contributed by atoms with van der Waals surface area (Å²) in [5.41, 5.74) is 2.91. The molecule has 7 nitrogen and oxygen atoms in total. The third-order valence-corrected chi connectivity index (χ3v) is 5.41. The Morgan fingerprint density at radius 1 is 1.44 bits per heavy atom. The maximum atomic E-state index is 13.1. The van der Waals surface area contributed by atoms with Crippen LogP contribution in [0.4, 0.5) is 0 Å². The number of likely N-dealkylation sites (N-methyl/N-ethyl adjacent to an activating group) is 1. The van der Waals surface area contributed by atoms with E-state index in [1.165, 1.54) is 5.69 Å². The van der Waals surface area contributed by atoms with Crippen LogP contribution in [0.15, 0.2) is 22.8 Å². The lowest BCUT2D eigenvalue weighted by atomic mass is 9.90. The van der Waals surface area contributed by atoms with Crippen molar-refractivity contribution in [3.63, 3.8) is 0 Å². The van der Waals surface area contributed by atoms with Gasteiger partial charge >= 0.3 is 0 Å². The maximum absolute atomic E-state index is 13.1. The van der Waals surface area contributed by atoms with Gasteiger partial charge in [-0.3, -0.25) is 9.48 Å². The minimum atomic E-state index is -0.0463. The fraction of sp³-hybridized carbons (Fsp3) is 0.600. The molecule has 0 radical (unpaired) electrons. The summed E-state index contributed by atoms with van der Waals surface area (Å²) in [5, 5.41) is 4.67. The molecule has 2 heterocycles. The van der Waals surface area contributed by atoms with E-state index in [0.717, 1.165) is 43.7 Å². The number of rotatable bonds is 8. The van der Waals surface area contributed by atoms with E-state index in [2.05, 4.69) is 24.0 Å². The molecule has 27 heavy (non-hydrogen) atoms. The smallest absolute Gasteiger partial charge is 0.274 e. The van der Waals surface area contributed by atoms with E-state index >= 15 is 0 Å². The number of ether oxygens (including phenoxy) is 1. The second-order valence-corrected chi connectivity index (χ2v) is 7.20. The zero-order valence-corrected chi connectivity index (χ0v) is 16.8. The lowest BCUT2D eigenvalue weighted by molar-refractivity contribution is 0.0766. The largest absolute Gasteiger partial charge is 0.467 e. The fourth-order valence-corrected chi connectivity index (χ4v) is 3.79. The van der Waals surface area contributed by atoms with Gasteiger partial charge in [-0.1, -0.05) is 0 Å². The minimum Gasteiger partial charge on any atom is -0.467 e. The van der Waals surface area contributed by atoms with Crippen molar-refractivity contribution in [3.05, 3.63) is 41.1 Å². The molecule has 0 spiro atoms. The fourth-order valence-electron chi connectivity index (χ4n) is 3.79. The molecule has 0 bridgehead atoms. The van der Waals surface area contributed by atoms with E-state index in [1.807, 2.05) is 16.8 Å². The van der Waals surface area contributed by atoms with Crippen LogP contribution in [0.5, 0.6) is 0 Å². The molecular formula is C20H30N4O3. The van der Waals surface area contributed by atoms with Crippen LogP contribution in [0.1, 0.15) is 40.9 Å². The molecule has 2 aromatic heterocycles. The van der Waals surface area contributed by atoms with E-state index in [9.17, 15) is 4.79 Å². The Kier molecular flexibility index (Phi) is 6.34. The van der Waals surface area contributed by atoms with Crippen LogP contribution in [0.25, 0.3) is 0 Å². The SMILES string of the molecule is CCn1nc(C(=O)N(C)Cc2ccco2)c2c1CC[C@H](N(C)CCOC)C2. The second-order valence-electron chi connectivity index (χ2n) is 7.20. The lowest BCUT2D eigenvalue weighted by Crippen LogP contribution is -2.39. The summed E-state index contributed by atoms with van der Waals surface area (Å²) in [4.78, 5) is 17.1. The molecule has 3 rings (SSSR count). The highest BCUT2D eigenvalue weighted by Gasteiger charge is 2.31. The zero-order valence-electron chi connectivity index (χ0n) is 16.8. The van der Waals surface area contributed by atoms with E-state index < -0.39 is 0 Å². The van der Waals surface area contributed by atoms with Gasteiger partial charge in [-0.15, -0.1) is 0 Å². The van der Waals surface area contributed by atoms with Crippen molar-refractivity contribution in [1.29, 1.82) is 0 Å². The maximum Gasteiger partial charge on any atom is 0.274 e. The Labute approximate surface area is 160 Å². The molecular weight excluding hydrogens is 344 g/mol. The van der Waals surface area contributed by atoms with E-state index in [1.54, 1.807) is 25.3 Å². The number of carbonyl (C=O) groups is 1. The van der Waals surface area contributed by atoms with Crippen LogP contribution in [-0.4, -0.2) is 65.9 Å². The van der Waals surface area contributed by atoms with Crippen molar-refractivity contribution in [2.45, 2.75) is 45.3 Å². The van der Waals surface area contributed by atoms with Crippen molar-refractivity contribution in [2.24, 2.45) is 0 Å². The molecule has 0 aromatic carbocycles. The average Bonchev–Trinajstić information content (AvgIpc) is 3.32. The van der Waals surface area contributed by atoms with Crippen molar-refractivity contribution in [1.82, 2.24) is 19.6 Å². The zero-order chi connectivity index (χ0) is 19.4. The number of hydrogen-bond donors (Lipinski definition) is 0. The van der Waals surface area contributed by atoms with Gasteiger partial charge in [0, 0.05) is 44.5 Å². The third-order valence-electron chi connectivity index (χ3n) is 5.41. The predicted molar refractivity (Wildman–Crippen MR) is 103 cm³/mol. The van der Waals surface area contributed by atoms with Crippen molar-refractivity contribution in [2.75, 3.05) is 34.4 Å². The normalized spacial score (nSPS) is 16.6. The molecule has 7 heteroatoms. The van der Waals surface area contributed by atoms with E-state index in [4.69, 9.17) is 9.15 Å². The van der Waals surface area contributed by atoms with Crippen molar-refractivity contribution < 1.29 is 13.9 Å². The highest BCUT2D eigenvalue weighted by Crippen LogP contribution is 2.28. The molecule has 1 atom stereocenters. The summed E-state index contributed by atoms with van der Waals surface area (Å²) in [6.07, 6.45) is 4.51. The van der Waals surface area contributed by atoms with Crippen molar-refractivity contribution >= 4 is 5.91 Å². The molecule has 0 fully saturated rings. The Balaban J connectivity index is 1.80. The van der Waals surface area contributed by atoms with Crippen LogP contribution < -0.4 is 0 Å². The van der Waals surface area contributed by atoms with Gasteiger partial charge in [0.15, 0.2) is 5.69 Å². The summed E-state index contributed by atoms with van der Waals surface area (Å²) in [6.45, 7) is 4.90. The molecule has 1 aliphatic rings. The molecule has 0 saturated heterocycles. The number of aryl methyl sites for hydroxylation is 1. The molecule has 0 saturated carbocycles. The van der Waals surface area contributed by atoms with Gasteiger partial charge in [-0.2, -0.15) is 5.10 Å². The first-order valence-corrected chi connectivity index (χ1v) is 9.60. The average molecular weight is 374 g/mol. The molecule has 148 valence electrons. The number of amides is 1. The first-order valence-electron chi connectivity index (χ1n) is 9.60. The lowest BCUT2D eigenvalue weighted by Gasteiger charge is -2.31. The standard InChI is InChI=1S/C20H30N4O3/c1-5-24-18-9-8-15(22(2)10-12-26-4)13-17(18)19(21-24)20(25)23(3)14-16-7-6-11-27-16/h6-7,11,15H,5,8-10,12-14H2,1-4H3/t15-/m0/s1. The minimum absolute atomic E-state index is 0.0463. The van der Waals surface area contributed by atoms with E-state index in [-0.39, 0.29) is 5.91 Å². The van der Waals surface area contributed by atoms with Gasteiger partial charge in [0.2, 0.25) is 0 Å². The summed E-state index contributed by atoms with van der Waals surface area (Å²) in [6, 6.07) is 4.12. The number of aromatic nitrogens is 2. The van der Waals surface area contributed by atoms with Crippen LogP contribution >= 0.6 is 0 Å². The molecule has 0 unspecified atom stereocenters. The van der Waals surface area contributed by atoms with Crippen LogP contribution in [-0.2, 0) is 30.7 Å². The Morgan fingerprint density at radius 3 is 2.93 bits per heavy atom. The number of carbonyl (C=O) groups excluding carboxylic acids is 1. The van der Waals surface area contributed by atoms with Gasteiger partial charge < -0.3 is 19.0 Å². The number of methoxy groups -OCH3 is 1. The monoisotopic (exact) mass is 374 g/mol. The highest BCUT2D eigenvalue weighted by molar-refractivity contribution is 5.94. The number of nitrogens with zero attached hydrogens (tertiary/aromatic N) is 4. The summed E-state index contributed by atoms with van der Waals surface area (Å²) < 4.78 is 12.6. The quantitative estimate of drug-likeness (QED) is 0.709. The van der Waals surface area contributed by atoms with E-state index in [0.29, 0.717) is 24.9 Å². The topological polar surface area (TPSA) is 63.7 Å². The third kappa shape index (κ3) is 4.25. The van der Waals surface area contributed by atoms with Gasteiger partial charge in [0.25, 0.3) is 5.91 Å². The Morgan fingerprint density at radius 2 is 2.26 bits per heavy atom. The molecule has 1 aliphatic carbocycles. The number of fused-ring (bicyclic) bond motifs is 1. The van der Waals surface area contributed by atoms with Gasteiger partial charge in [0.05, 0.1) is 19.4 Å². The summed E-state index contributed by atoms with van der Waals surface area (Å²) in [5.74, 6) is 0.724. The second kappa shape index (κ2) is 8.71. The molecule has 0 N–H and O–H groups in total. The van der Waals surface area contributed by atoms with Crippen LogP contribution in [0.2, 0.25) is 0 Å².